The molecule has 0 bridgehead atoms. The van der Waals surface area contributed by atoms with E-state index in [4.69, 9.17) is 14.6 Å². The van der Waals surface area contributed by atoms with Crippen LogP contribution in [0, 0.1) is 0 Å². The highest BCUT2D eigenvalue weighted by atomic mass is 16.5. The van der Waals surface area contributed by atoms with Gasteiger partial charge in [-0.15, -0.1) is 0 Å². The summed E-state index contributed by atoms with van der Waals surface area (Å²) in [5, 5.41) is 9.03. The standard InChI is InChI=1S/C17H23NO5/c1-3-15(12-4-6-14(22-2)7-5-12)17(21)18-8-9-23-11-13(18)10-16(19)20/h4-7,13,15H,3,8-11H2,1-2H3,(H,19,20). The number of hydrogen-bond donors (Lipinski definition) is 1. The summed E-state index contributed by atoms with van der Waals surface area (Å²) in [6.07, 6.45) is 0.563. The molecule has 1 N–H and O–H groups in total. The SMILES string of the molecule is CCC(C(=O)N1CCOCC1CC(=O)O)c1ccc(OC)cc1. The fraction of sp³-hybridized carbons (Fsp3) is 0.529. The van der Waals surface area contributed by atoms with Crippen LogP contribution in [0.25, 0.3) is 0 Å². The zero-order valence-corrected chi connectivity index (χ0v) is 13.5. The number of amides is 1. The van der Waals surface area contributed by atoms with Crippen LogP contribution in [0.1, 0.15) is 31.2 Å². The molecule has 23 heavy (non-hydrogen) atoms. The lowest BCUT2D eigenvalue weighted by Crippen LogP contribution is -2.51. The van der Waals surface area contributed by atoms with Crippen LogP contribution in [0.3, 0.4) is 0 Å². The van der Waals surface area contributed by atoms with Crippen LogP contribution in [0.2, 0.25) is 0 Å². The van der Waals surface area contributed by atoms with E-state index >= 15 is 0 Å². The van der Waals surface area contributed by atoms with E-state index in [9.17, 15) is 9.59 Å². The average Bonchev–Trinajstić information content (AvgIpc) is 2.56. The topological polar surface area (TPSA) is 76.1 Å². The van der Waals surface area contributed by atoms with Crippen LogP contribution in [0.5, 0.6) is 5.75 Å². The maximum atomic E-state index is 12.9. The average molecular weight is 321 g/mol. The van der Waals surface area contributed by atoms with Crippen molar-refractivity contribution in [2.75, 3.05) is 26.9 Å². The van der Waals surface area contributed by atoms with E-state index < -0.39 is 12.0 Å². The Morgan fingerprint density at radius 2 is 2.09 bits per heavy atom. The van der Waals surface area contributed by atoms with E-state index in [1.807, 2.05) is 31.2 Å². The summed E-state index contributed by atoms with van der Waals surface area (Å²) in [6.45, 7) is 3.11. The number of hydrogen-bond acceptors (Lipinski definition) is 4. The number of aliphatic carboxylic acids is 1. The monoisotopic (exact) mass is 321 g/mol. The quantitative estimate of drug-likeness (QED) is 0.866. The number of carboxylic acid groups (broad SMARTS) is 1. The number of carbonyl (C=O) groups excluding carboxylic acids is 1. The molecule has 1 aliphatic rings. The van der Waals surface area contributed by atoms with Crippen molar-refractivity contribution in [2.45, 2.75) is 31.7 Å². The van der Waals surface area contributed by atoms with Gasteiger partial charge in [-0.25, -0.2) is 0 Å². The first-order valence-electron chi connectivity index (χ1n) is 7.80. The molecule has 0 aromatic heterocycles. The van der Waals surface area contributed by atoms with Crippen LogP contribution in [0.4, 0.5) is 0 Å². The minimum Gasteiger partial charge on any atom is -0.497 e. The van der Waals surface area contributed by atoms with Crippen molar-refractivity contribution in [3.05, 3.63) is 29.8 Å². The molecule has 1 aromatic carbocycles. The number of rotatable bonds is 6. The second-order valence-corrected chi connectivity index (χ2v) is 5.59. The second-order valence-electron chi connectivity index (χ2n) is 5.59. The van der Waals surface area contributed by atoms with Crippen LogP contribution in [0.15, 0.2) is 24.3 Å². The molecule has 0 spiro atoms. The number of methoxy groups -OCH3 is 1. The van der Waals surface area contributed by atoms with E-state index in [1.165, 1.54) is 0 Å². The highest BCUT2D eigenvalue weighted by molar-refractivity contribution is 5.84. The van der Waals surface area contributed by atoms with Crippen molar-refractivity contribution in [1.82, 2.24) is 4.90 Å². The largest absolute Gasteiger partial charge is 0.497 e. The summed E-state index contributed by atoms with van der Waals surface area (Å²) in [5.41, 5.74) is 0.916. The van der Waals surface area contributed by atoms with Gasteiger partial charge in [-0.05, 0) is 24.1 Å². The molecule has 1 saturated heterocycles. The van der Waals surface area contributed by atoms with Crippen molar-refractivity contribution in [3.63, 3.8) is 0 Å². The normalized spacial score (nSPS) is 19.2. The Kier molecular flexibility index (Phi) is 5.98. The van der Waals surface area contributed by atoms with E-state index in [0.717, 1.165) is 11.3 Å². The molecule has 2 unspecified atom stereocenters. The lowest BCUT2D eigenvalue weighted by atomic mass is 9.93. The summed E-state index contributed by atoms with van der Waals surface area (Å²) in [4.78, 5) is 25.6. The number of carbonyl (C=O) groups is 2. The Morgan fingerprint density at radius 3 is 2.65 bits per heavy atom. The Labute approximate surface area is 136 Å². The lowest BCUT2D eigenvalue weighted by molar-refractivity contribution is -0.147. The van der Waals surface area contributed by atoms with Gasteiger partial charge in [0, 0.05) is 6.54 Å². The fourth-order valence-electron chi connectivity index (χ4n) is 2.90. The molecule has 6 heteroatoms. The molecule has 2 atom stereocenters. The van der Waals surface area contributed by atoms with Crippen molar-refractivity contribution < 1.29 is 24.2 Å². The summed E-state index contributed by atoms with van der Waals surface area (Å²) < 4.78 is 10.5. The fourth-order valence-corrected chi connectivity index (χ4v) is 2.90. The predicted octanol–water partition coefficient (Wildman–Crippen LogP) is 1.89. The number of benzene rings is 1. The number of ether oxygens (including phenoxy) is 2. The molecule has 2 rings (SSSR count). The Bertz CT molecular complexity index is 542. The van der Waals surface area contributed by atoms with Crippen LogP contribution < -0.4 is 4.74 Å². The van der Waals surface area contributed by atoms with E-state index in [-0.39, 0.29) is 24.9 Å². The summed E-state index contributed by atoms with van der Waals surface area (Å²) >= 11 is 0. The van der Waals surface area contributed by atoms with Crippen molar-refractivity contribution in [1.29, 1.82) is 0 Å². The van der Waals surface area contributed by atoms with Gasteiger partial charge in [-0.2, -0.15) is 0 Å². The lowest BCUT2D eigenvalue weighted by Gasteiger charge is -2.37. The van der Waals surface area contributed by atoms with Gasteiger partial charge in [-0.1, -0.05) is 19.1 Å². The molecule has 126 valence electrons. The Morgan fingerprint density at radius 1 is 1.39 bits per heavy atom. The Balaban J connectivity index is 2.17. The first kappa shape index (κ1) is 17.3. The first-order valence-corrected chi connectivity index (χ1v) is 7.80. The smallest absolute Gasteiger partial charge is 0.305 e. The van der Waals surface area contributed by atoms with E-state index in [0.29, 0.717) is 19.6 Å². The highest BCUT2D eigenvalue weighted by Gasteiger charge is 2.33. The number of carboxylic acids is 1. The van der Waals surface area contributed by atoms with Gasteiger partial charge < -0.3 is 19.5 Å². The molecule has 1 aromatic rings. The predicted molar refractivity (Wildman–Crippen MR) is 84.6 cm³/mol. The third kappa shape index (κ3) is 4.22. The maximum absolute atomic E-state index is 12.9. The first-order chi connectivity index (χ1) is 11.1. The minimum absolute atomic E-state index is 0.0350. The molecule has 1 fully saturated rings. The molecular weight excluding hydrogens is 298 g/mol. The van der Waals surface area contributed by atoms with Crippen molar-refractivity contribution in [2.24, 2.45) is 0 Å². The van der Waals surface area contributed by atoms with Gasteiger partial charge in [0.05, 0.1) is 38.7 Å². The third-order valence-corrected chi connectivity index (χ3v) is 4.15. The number of nitrogens with zero attached hydrogens (tertiary/aromatic N) is 1. The Hall–Kier alpha value is -2.08. The molecule has 1 aliphatic heterocycles. The van der Waals surface area contributed by atoms with Gasteiger partial charge in [0.1, 0.15) is 5.75 Å². The molecule has 0 radical (unpaired) electrons. The number of morpholine rings is 1. The molecule has 1 amide bonds. The molecule has 0 aliphatic carbocycles. The van der Waals surface area contributed by atoms with Crippen molar-refractivity contribution >= 4 is 11.9 Å². The van der Waals surface area contributed by atoms with Crippen LogP contribution in [-0.2, 0) is 14.3 Å². The van der Waals surface area contributed by atoms with E-state index in [2.05, 4.69) is 0 Å². The van der Waals surface area contributed by atoms with Gasteiger partial charge in [0.25, 0.3) is 0 Å². The minimum atomic E-state index is -0.921. The van der Waals surface area contributed by atoms with Gasteiger partial charge in [0.2, 0.25) is 5.91 Å². The zero-order chi connectivity index (χ0) is 16.8. The van der Waals surface area contributed by atoms with Crippen LogP contribution in [-0.4, -0.2) is 54.8 Å². The second kappa shape index (κ2) is 7.97. The summed E-state index contributed by atoms with van der Waals surface area (Å²) in [5.74, 6) is -0.496. The van der Waals surface area contributed by atoms with Gasteiger partial charge >= 0.3 is 5.97 Å². The van der Waals surface area contributed by atoms with Crippen molar-refractivity contribution in [3.8, 4) is 5.75 Å². The van der Waals surface area contributed by atoms with E-state index in [1.54, 1.807) is 12.0 Å². The zero-order valence-electron chi connectivity index (χ0n) is 13.5. The molecule has 0 saturated carbocycles. The molecule has 1 heterocycles. The molecular formula is C17H23NO5. The maximum Gasteiger partial charge on any atom is 0.305 e. The summed E-state index contributed by atoms with van der Waals surface area (Å²) in [7, 11) is 1.60. The third-order valence-electron chi connectivity index (χ3n) is 4.15. The van der Waals surface area contributed by atoms with Crippen LogP contribution >= 0.6 is 0 Å². The summed E-state index contributed by atoms with van der Waals surface area (Å²) in [6, 6.07) is 7.04. The highest BCUT2D eigenvalue weighted by Crippen LogP contribution is 2.26. The van der Waals surface area contributed by atoms with Gasteiger partial charge in [-0.3, -0.25) is 9.59 Å². The molecule has 6 nitrogen and oxygen atoms in total. The van der Waals surface area contributed by atoms with Gasteiger partial charge in [0.15, 0.2) is 0 Å².